The Balaban J connectivity index is 2.17. The number of hydrogen-bond acceptors (Lipinski definition) is 2. The number of hydrogen-bond donors (Lipinski definition) is 1. The zero-order valence-corrected chi connectivity index (χ0v) is 11.9. The Labute approximate surface area is 115 Å². The lowest BCUT2D eigenvalue weighted by Crippen LogP contribution is -2.20. The molecule has 0 radical (unpaired) electrons. The molecule has 1 aromatic carbocycles. The molecule has 1 aliphatic rings. The van der Waals surface area contributed by atoms with Gasteiger partial charge in [0.2, 0.25) is 0 Å². The van der Waals surface area contributed by atoms with Gasteiger partial charge in [-0.1, -0.05) is 18.9 Å². The van der Waals surface area contributed by atoms with Gasteiger partial charge in [-0.25, -0.2) is 4.39 Å². The zero-order valence-electron chi connectivity index (χ0n) is 11.9. The fraction of sp³-hybridized carbons (Fsp3) is 0.625. The molecule has 0 spiro atoms. The maximum Gasteiger partial charge on any atom is 0.165 e. The van der Waals surface area contributed by atoms with Crippen LogP contribution in [0.15, 0.2) is 18.2 Å². The average Bonchev–Trinajstić information content (AvgIpc) is 2.87. The van der Waals surface area contributed by atoms with E-state index in [0.717, 1.165) is 5.56 Å². The highest BCUT2D eigenvalue weighted by Gasteiger charge is 2.26. The molecule has 1 atom stereocenters. The molecule has 0 aromatic heterocycles. The van der Waals surface area contributed by atoms with Crippen LogP contribution in [0.5, 0.6) is 5.75 Å². The fourth-order valence-corrected chi connectivity index (χ4v) is 3.06. The van der Waals surface area contributed by atoms with Crippen LogP contribution in [0.2, 0.25) is 0 Å². The molecule has 0 amide bonds. The summed E-state index contributed by atoms with van der Waals surface area (Å²) in [5, 5.41) is 0. The maximum absolute atomic E-state index is 14.0. The van der Waals surface area contributed by atoms with Gasteiger partial charge in [0.05, 0.1) is 6.10 Å². The van der Waals surface area contributed by atoms with Gasteiger partial charge < -0.3 is 10.5 Å². The molecule has 0 aliphatic heterocycles. The van der Waals surface area contributed by atoms with Crippen LogP contribution in [0.3, 0.4) is 0 Å². The van der Waals surface area contributed by atoms with Crippen LogP contribution in [0, 0.1) is 11.7 Å². The molecular formula is C16H24FNO. The van der Waals surface area contributed by atoms with E-state index < -0.39 is 0 Å². The summed E-state index contributed by atoms with van der Waals surface area (Å²) in [6.07, 6.45) is 4.97. The predicted octanol–water partition coefficient (Wildman–Crippen LogP) is 3.85. The lowest BCUT2D eigenvalue weighted by Gasteiger charge is -2.23. The van der Waals surface area contributed by atoms with Gasteiger partial charge in [-0.15, -0.1) is 0 Å². The van der Waals surface area contributed by atoms with Crippen molar-refractivity contribution in [2.75, 3.05) is 6.54 Å². The number of nitrogens with two attached hydrogens (primary N) is 1. The van der Waals surface area contributed by atoms with Crippen LogP contribution < -0.4 is 10.5 Å². The van der Waals surface area contributed by atoms with Gasteiger partial charge in [0.25, 0.3) is 0 Å². The van der Waals surface area contributed by atoms with E-state index in [0.29, 0.717) is 18.2 Å². The number of ether oxygens (including phenoxy) is 1. The van der Waals surface area contributed by atoms with Crippen molar-refractivity contribution < 1.29 is 9.13 Å². The predicted molar refractivity (Wildman–Crippen MR) is 75.9 cm³/mol. The summed E-state index contributed by atoms with van der Waals surface area (Å²) in [7, 11) is 0. The summed E-state index contributed by atoms with van der Waals surface area (Å²) in [5.41, 5.74) is 6.92. The Morgan fingerprint density at radius 2 is 2.00 bits per heavy atom. The summed E-state index contributed by atoms with van der Waals surface area (Å²) in [6, 6.07) is 5.31. The summed E-state index contributed by atoms with van der Waals surface area (Å²) >= 11 is 0. The second-order valence-electron chi connectivity index (χ2n) is 5.74. The molecule has 0 bridgehead atoms. The van der Waals surface area contributed by atoms with Crippen molar-refractivity contribution >= 4 is 0 Å². The molecule has 1 aromatic rings. The minimum Gasteiger partial charge on any atom is -0.488 e. The Hall–Kier alpha value is -1.09. The van der Waals surface area contributed by atoms with Gasteiger partial charge in [0, 0.05) is 0 Å². The standard InChI is InChI=1S/C16H24FNO/c1-11(2)19-16-8-7-13(9-15(16)17)14(10-18)12-5-3-4-6-12/h7-9,11-12,14H,3-6,10,18H2,1-2H3. The van der Waals surface area contributed by atoms with Crippen molar-refractivity contribution in [1.82, 2.24) is 0 Å². The van der Waals surface area contributed by atoms with Gasteiger partial charge in [-0.05, 0) is 62.8 Å². The molecule has 19 heavy (non-hydrogen) atoms. The first-order chi connectivity index (χ1) is 9.11. The van der Waals surface area contributed by atoms with E-state index in [-0.39, 0.29) is 17.8 Å². The lowest BCUT2D eigenvalue weighted by atomic mass is 9.85. The number of rotatable bonds is 5. The van der Waals surface area contributed by atoms with Crippen molar-refractivity contribution in [3.05, 3.63) is 29.6 Å². The molecule has 1 fully saturated rings. The average molecular weight is 265 g/mol. The maximum atomic E-state index is 14.0. The van der Waals surface area contributed by atoms with Gasteiger partial charge in [-0.2, -0.15) is 0 Å². The second-order valence-corrected chi connectivity index (χ2v) is 5.74. The van der Waals surface area contributed by atoms with E-state index in [9.17, 15) is 4.39 Å². The number of halogens is 1. The van der Waals surface area contributed by atoms with E-state index in [4.69, 9.17) is 10.5 Å². The Bertz CT molecular complexity index is 413. The van der Waals surface area contributed by atoms with Crippen molar-refractivity contribution in [3.63, 3.8) is 0 Å². The SMILES string of the molecule is CC(C)Oc1ccc(C(CN)C2CCCC2)cc1F. The lowest BCUT2D eigenvalue weighted by molar-refractivity contribution is 0.231. The largest absolute Gasteiger partial charge is 0.488 e. The van der Waals surface area contributed by atoms with Crippen LogP contribution in [-0.4, -0.2) is 12.6 Å². The molecule has 0 saturated heterocycles. The third-order valence-electron chi connectivity index (χ3n) is 3.97. The van der Waals surface area contributed by atoms with Gasteiger partial charge >= 0.3 is 0 Å². The summed E-state index contributed by atoms with van der Waals surface area (Å²) in [4.78, 5) is 0. The van der Waals surface area contributed by atoms with Gasteiger partial charge in [-0.3, -0.25) is 0 Å². The monoisotopic (exact) mass is 265 g/mol. The minimum atomic E-state index is -0.275. The van der Waals surface area contributed by atoms with Crippen LogP contribution in [0.25, 0.3) is 0 Å². The molecule has 1 unspecified atom stereocenters. The third kappa shape index (κ3) is 3.47. The van der Waals surface area contributed by atoms with E-state index >= 15 is 0 Å². The Morgan fingerprint density at radius 3 is 2.53 bits per heavy atom. The third-order valence-corrected chi connectivity index (χ3v) is 3.97. The molecule has 2 N–H and O–H groups in total. The van der Waals surface area contributed by atoms with Crippen LogP contribution in [0.1, 0.15) is 51.0 Å². The van der Waals surface area contributed by atoms with Crippen molar-refractivity contribution in [2.24, 2.45) is 11.7 Å². The molecule has 1 aliphatic carbocycles. The molecule has 1 saturated carbocycles. The van der Waals surface area contributed by atoms with Gasteiger partial charge in [0.15, 0.2) is 11.6 Å². The molecule has 2 rings (SSSR count). The normalized spacial score (nSPS) is 17.9. The van der Waals surface area contributed by atoms with Crippen LogP contribution in [0.4, 0.5) is 4.39 Å². The molecule has 0 heterocycles. The highest BCUT2D eigenvalue weighted by atomic mass is 19.1. The van der Waals surface area contributed by atoms with Crippen molar-refractivity contribution in [1.29, 1.82) is 0 Å². The minimum absolute atomic E-state index is 0.0134. The molecular weight excluding hydrogens is 241 g/mol. The fourth-order valence-electron chi connectivity index (χ4n) is 3.06. The van der Waals surface area contributed by atoms with E-state index in [1.165, 1.54) is 25.7 Å². The topological polar surface area (TPSA) is 35.2 Å². The Kier molecular flexibility index (Phi) is 4.81. The summed E-state index contributed by atoms with van der Waals surface area (Å²) in [5.74, 6) is 0.954. The smallest absolute Gasteiger partial charge is 0.165 e. The molecule has 2 nitrogen and oxygen atoms in total. The molecule has 106 valence electrons. The van der Waals surface area contributed by atoms with E-state index in [2.05, 4.69) is 0 Å². The summed E-state index contributed by atoms with van der Waals surface area (Å²) in [6.45, 7) is 4.39. The zero-order chi connectivity index (χ0) is 13.8. The van der Waals surface area contributed by atoms with Crippen molar-refractivity contribution in [3.8, 4) is 5.75 Å². The molecule has 3 heteroatoms. The summed E-state index contributed by atoms with van der Waals surface area (Å²) < 4.78 is 19.5. The first kappa shape index (κ1) is 14.3. The Morgan fingerprint density at radius 1 is 1.32 bits per heavy atom. The highest BCUT2D eigenvalue weighted by Crippen LogP contribution is 2.37. The second kappa shape index (κ2) is 6.38. The number of benzene rings is 1. The van der Waals surface area contributed by atoms with E-state index in [1.807, 2.05) is 19.9 Å². The van der Waals surface area contributed by atoms with Gasteiger partial charge in [0.1, 0.15) is 0 Å². The first-order valence-corrected chi connectivity index (χ1v) is 7.28. The highest BCUT2D eigenvalue weighted by molar-refractivity contribution is 5.32. The first-order valence-electron chi connectivity index (χ1n) is 7.28. The van der Waals surface area contributed by atoms with Crippen LogP contribution >= 0.6 is 0 Å². The van der Waals surface area contributed by atoms with Crippen LogP contribution in [-0.2, 0) is 0 Å². The van der Waals surface area contributed by atoms with E-state index in [1.54, 1.807) is 12.1 Å². The van der Waals surface area contributed by atoms with Crippen molar-refractivity contribution in [2.45, 2.75) is 51.6 Å². The quantitative estimate of drug-likeness (QED) is 0.877.